The first-order chi connectivity index (χ1) is 11.1. The second-order valence-electron chi connectivity index (χ2n) is 5.57. The summed E-state index contributed by atoms with van der Waals surface area (Å²) < 4.78 is 4.97. The maximum absolute atomic E-state index is 11.9. The van der Waals surface area contributed by atoms with Crippen LogP contribution in [-0.2, 0) is 9.53 Å². The zero-order chi connectivity index (χ0) is 17.1. The molecule has 1 N–H and O–H groups in total. The Morgan fingerprint density at radius 3 is 2.39 bits per heavy atom. The first-order valence-electron chi connectivity index (χ1n) is 8.52. The summed E-state index contributed by atoms with van der Waals surface area (Å²) in [7, 11) is 0. The molecule has 0 aliphatic heterocycles. The number of esters is 1. The van der Waals surface area contributed by atoms with Crippen LogP contribution in [0.15, 0.2) is 0 Å². The Morgan fingerprint density at radius 2 is 1.74 bits per heavy atom. The molecule has 0 saturated heterocycles. The minimum atomic E-state index is -0.380. The normalized spacial score (nSPS) is 10.6. The number of aryl methyl sites for hydroxylation is 1. The van der Waals surface area contributed by atoms with Gasteiger partial charge in [0.05, 0.1) is 12.3 Å². The molecule has 6 heteroatoms. The highest BCUT2D eigenvalue weighted by Gasteiger charge is 2.17. The molecule has 0 aliphatic rings. The average molecular weight is 340 g/mol. The first kappa shape index (κ1) is 19.6. The average Bonchev–Trinajstić information content (AvgIpc) is 2.87. The highest BCUT2D eigenvalue weighted by Crippen LogP contribution is 2.23. The van der Waals surface area contributed by atoms with E-state index in [9.17, 15) is 9.59 Å². The van der Waals surface area contributed by atoms with Gasteiger partial charge in [0.15, 0.2) is 5.13 Å². The molecular weight excluding hydrogens is 312 g/mol. The predicted octanol–water partition coefficient (Wildman–Crippen LogP) is 4.71. The molecule has 0 aromatic carbocycles. The van der Waals surface area contributed by atoms with Crippen LogP contribution in [0.2, 0.25) is 0 Å². The van der Waals surface area contributed by atoms with Gasteiger partial charge in [0.2, 0.25) is 5.91 Å². The van der Waals surface area contributed by atoms with E-state index >= 15 is 0 Å². The van der Waals surface area contributed by atoms with Crippen molar-refractivity contribution in [1.82, 2.24) is 4.98 Å². The molecule has 0 fully saturated rings. The number of rotatable bonds is 11. The number of amides is 1. The SMILES string of the molecule is CCCCCCCCCC(=O)Nc1nc(C)c(C(=O)OCC)s1. The zero-order valence-corrected chi connectivity index (χ0v) is 15.3. The van der Waals surface area contributed by atoms with E-state index in [0.29, 0.717) is 28.7 Å². The lowest BCUT2D eigenvalue weighted by Gasteiger charge is -2.02. The summed E-state index contributed by atoms with van der Waals surface area (Å²) in [4.78, 5) is 28.3. The van der Waals surface area contributed by atoms with Crippen molar-refractivity contribution in [3.8, 4) is 0 Å². The zero-order valence-electron chi connectivity index (χ0n) is 14.4. The molecule has 0 atom stereocenters. The number of unbranched alkanes of at least 4 members (excludes halogenated alkanes) is 6. The van der Waals surface area contributed by atoms with E-state index in [-0.39, 0.29) is 11.9 Å². The quantitative estimate of drug-likeness (QED) is 0.468. The van der Waals surface area contributed by atoms with Gasteiger partial charge >= 0.3 is 5.97 Å². The summed E-state index contributed by atoms with van der Waals surface area (Å²) in [5, 5.41) is 3.24. The maximum Gasteiger partial charge on any atom is 0.350 e. The molecule has 1 aromatic rings. The third-order valence-corrected chi connectivity index (χ3v) is 4.56. The fraction of sp³-hybridized carbons (Fsp3) is 0.706. The van der Waals surface area contributed by atoms with Gasteiger partial charge in [-0.15, -0.1) is 0 Å². The Hall–Kier alpha value is -1.43. The number of aromatic nitrogens is 1. The third-order valence-electron chi connectivity index (χ3n) is 3.51. The van der Waals surface area contributed by atoms with E-state index in [1.165, 1.54) is 43.4 Å². The monoisotopic (exact) mass is 340 g/mol. The molecule has 0 aliphatic carbocycles. The molecule has 0 unspecified atom stereocenters. The topological polar surface area (TPSA) is 68.3 Å². The van der Waals surface area contributed by atoms with Gasteiger partial charge in [-0.25, -0.2) is 9.78 Å². The number of hydrogen-bond acceptors (Lipinski definition) is 5. The smallest absolute Gasteiger partial charge is 0.350 e. The number of thiazole rings is 1. The van der Waals surface area contributed by atoms with E-state index < -0.39 is 0 Å². The molecule has 1 aromatic heterocycles. The number of nitrogens with zero attached hydrogens (tertiary/aromatic N) is 1. The highest BCUT2D eigenvalue weighted by molar-refractivity contribution is 7.17. The minimum Gasteiger partial charge on any atom is -0.462 e. The standard InChI is InChI=1S/C17H28N2O3S/c1-4-6-7-8-9-10-11-12-14(20)19-17-18-13(3)15(23-17)16(21)22-5-2/h4-12H2,1-3H3,(H,18,19,20). The minimum absolute atomic E-state index is 0.0392. The Bertz CT molecular complexity index is 500. The number of hydrogen-bond donors (Lipinski definition) is 1. The summed E-state index contributed by atoms with van der Waals surface area (Å²) in [6.45, 7) is 6.04. The Balaban J connectivity index is 2.29. The van der Waals surface area contributed by atoms with Crippen molar-refractivity contribution in [2.75, 3.05) is 11.9 Å². The van der Waals surface area contributed by atoms with Gasteiger partial charge in [0.1, 0.15) is 4.88 Å². The van der Waals surface area contributed by atoms with Crippen molar-refractivity contribution in [1.29, 1.82) is 0 Å². The van der Waals surface area contributed by atoms with Gasteiger partial charge in [-0.3, -0.25) is 4.79 Å². The summed E-state index contributed by atoms with van der Waals surface area (Å²) in [5.74, 6) is -0.419. The van der Waals surface area contributed by atoms with Gasteiger partial charge < -0.3 is 10.1 Å². The third kappa shape index (κ3) is 7.59. The van der Waals surface area contributed by atoms with Crippen LogP contribution < -0.4 is 5.32 Å². The number of carbonyl (C=O) groups excluding carboxylic acids is 2. The van der Waals surface area contributed by atoms with Gasteiger partial charge in [0, 0.05) is 6.42 Å². The summed E-state index contributed by atoms with van der Waals surface area (Å²) >= 11 is 1.17. The summed E-state index contributed by atoms with van der Waals surface area (Å²) in [6.07, 6.45) is 8.77. The van der Waals surface area contributed by atoms with E-state index in [0.717, 1.165) is 12.8 Å². The second kappa shape index (κ2) is 11.2. The van der Waals surface area contributed by atoms with Crippen molar-refractivity contribution >= 4 is 28.3 Å². The van der Waals surface area contributed by atoms with Gasteiger partial charge in [-0.2, -0.15) is 0 Å². The van der Waals surface area contributed by atoms with Crippen LogP contribution in [0.25, 0.3) is 0 Å². The lowest BCUT2D eigenvalue weighted by Crippen LogP contribution is -2.10. The Kier molecular flexibility index (Phi) is 9.52. The van der Waals surface area contributed by atoms with Gasteiger partial charge in [-0.05, 0) is 20.3 Å². The van der Waals surface area contributed by atoms with Crippen molar-refractivity contribution in [2.24, 2.45) is 0 Å². The van der Waals surface area contributed by atoms with Crippen molar-refractivity contribution < 1.29 is 14.3 Å². The Morgan fingerprint density at radius 1 is 1.09 bits per heavy atom. The molecule has 5 nitrogen and oxygen atoms in total. The molecule has 0 radical (unpaired) electrons. The number of anilines is 1. The van der Waals surface area contributed by atoms with Gasteiger partial charge in [0.25, 0.3) is 0 Å². The van der Waals surface area contributed by atoms with Crippen LogP contribution in [0.4, 0.5) is 5.13 Å². The van der Waals surface area contributed by atoms with Crippen molar-refractivity contribution in [3.05, 3.63) is 10.6 Å². The lowest BCUT2D eigenvalue weighted by molar-refractivity contribution is -0.116. The molecule has 23 heavy (non-hydrogen) atoms. The van der Waals surface area contributed by atoms with Crippen LogP contribution in [0.5, 0.6) is 0 Å². The predicted molar refractivity (Wildman–Crippen MR) is 94.0 cm³/mol. The van der Waals surface area contributed by atoms with Crippen molar-refractivity contribution in [3.63, 3.8) is 0 Å². The molecular formula is C17H28N2O3S. The molecule has 130 valence electrons. The van der Waals surface area contributed by atoms with Crippen LogP contribution in [0.3, 0.4) is 0 Å². The van der Waals surface area contributed by atoms with Crippen LogP contribution >= 0.6 is 11.3 Å². The largest absolute Gasteiger partial charge is 0.462 e. The lowest BCUT2D eigenvalue weighted by atomic mass is 10.1. The second-order valence-corrected chi connectivity index (χ2v) is 6.57. The summed E-state index contributed by atoms with van der Waals surface area (Å²) in [6, 6.07) is 0. The molecule has 0 spiro atoms. The molecule has 1 rings (SSSR count). The highest BCUT2D eigenvalue weighted by atomic mass is 32.1. The Labute approximate surface area is 142 Å². The van der Waals surface area contributed by atoms with Crippen LogP contribution in [0.1, 0.15) is 80.6 Å². The molecule has 0 bridgehead atoms. The summed E-state index contributed by atoms with van der Waals surface area (Å²) in [5.41, 5.74) is 0.597. The molecule has 1 amide bonds. The molecule has 0 saturated carbocycles. The van der Waals surface area contributed by atoms with E-state index in [4.69, 9.17) is 4.74 Å². The van der Waals surface area contributed by atoms with E-state index in [2.05, 4.69) is 17.2 Å². The maximum atomic E-state index is 11.9. The van der Waals surface area contributed by atoms with Crippen LogP contribution in [0, 0.1) is 6.92 Å². The van der Waals surface area contributed by atoms with Gasteiger partial charge in [-0.1, -0.05) is 56.8 Å². The van der Waals surface area contributed by atoms with Crippen molar-refractivity contribution in [2.45, 2.75) is 72.1 Å². The van der Waals surface area contributed by atoms with E-state index in [1.54, 1.807) is 13.8 Å². The number of ether oxygens (including phenoxy) is 1. The van der Waals surface area contributed by atoms with Crippen LogP contribution in [-0.4, -0.2) is 23.5 Å². The van der Waals surface area contributed by atoms with E-state index in [1.807, 2.05) is 0 Å². The number of nitrogens with one attached hydrogen (secondary N) is 1. The number of carbonyl (C=O) groups is 2. The molecule has 1 heterocycles. The fourth-order valence-corrected chi connectivity index (χ4v) is 3.14. The fourth-order valence-electron chi connectivity index (χ4n) is 2.26. The first-order valence-corrected chi connectivity index (χ1v) is 9.34.